The fourth-order valence-electron chi connectivity index (χ4n) is 1.15. The van der Waals surface area contributed by atoms with E-state index in [0.717, 1.165) is 12.1 Å². The van der Waals surface area contributed by atoms with Gasteiger partial charge in [-0.15, -0.1) is 0 Å². The Morgan fingerprint density at radius 2 is 2.00 bits per heavy atom. The van der Waals surface area contributed by atoms with Crippen molar-refractivity contribution < 1.29 is 17.9 Å². The first kappa shape index (κ1) is 12.5. The number of rotatable bonds is 3. The minimum Gasteiger partial charge on any atom is -0.384 e. The molecule has 0 aliphatic carbocycles. The van der Waals surface area contributed by atoms with Crippen molar-refractivity contribution in [3.05, 3.63) is 33.8 Å². The molecule has 0 radical (unpaired) electrons. The number of alkyl halides is 3. The van der Waals surface area contributed by atoms with Gasteiger partial charge in [-0.05, 0) is 30.2 Å². The highest BCUT2D eigenvalue weighted by Crippen LogP contribution is 2.31. The molecule has 0 N–H and O–H groups in total. The summed E-state index contributed by atoms with van der Waals surface area (Å²) < 4.78 is 42.6. The lowest BCUT2D eigenvalue weighted by atomic mass is 10.1. The summed E-state index contributed by atoms with van der Waals surface area (Å²) in [7, 11) is 1.52. The monoisotopic (exact) mass is 282 g/mol. The summed E-state index contributed by atoms with van der Waals surface area (Å²) in [5.41, 5.74) is -0.0246. The van der Waals surface area contributed by atoms with Gasteiger partial charge >= 0.3 is 6.18 Å². The number of ether oxygens (including phenoxy) is 1. The summed E-state index contributed by atoms with van der Waals surface area (Å²) in [5.74, 6) is 0. The molecule has 0 bridgehead atoms. The topological polar surface area (TPSA) is 9.23 Å². The zero-order valence-electron chi connectivity index (χ0n) is 8.07. The van der Waals surface area contributed by atoms with Crippen molar-refractivity contribution in [3.63, 3.8) is 0 Å². The molecule has 5 heteroatoms. The van der Waals surface area contributed by atoms with E-state index in [-0.39, 0.29) is 0 Å². The summed E-state index contributed by atoms with van der Waals surface area (Å²) in [5, 5.41) is 0. The molecule has 1 aromatic carbocycles. The van der Waals surface area contributed by atoms with Crippen LogP contribution in [0.4, 0.5) is 13.2 Å². The molecule has 0 fully saturated rings. The van der Waals surface area contributed by atoms with E-state index in [1.807, 2.05) is 0 Å². The van der Waals surface area contributed by atoms with E-state index in [2.05, 4.69) is 15.9 Å². The Morgan fingerprint density at radius 3 is 2.53 bits per heavy atom. The van der Waals surface area contributed by atoms with Crippen LogP contribution in [0.5, 0.6) is 0 Å². The lowest BCUT2D eigenvalue weighted by molar-refractivity contribution is -0.137. The molecule has 0 heterocycles. The average Bonchev–Trinajstić information content (AvgIpc) is 2.15. The molecule has 0 aliphatic heterocycles. The lowest BCUT2D eigenvalue weighted by Crippen LogP contribution is -2.06. The van der Waals surface area contributed by atoms with Crippen LogP contribution in [0.2, 0.25) is 0 Å². The van der Waals surface area contributed by atoms with Crippen molar-refractivity contribution in [2.75, 3.05) is 13.7 Å². The summed E-state index contributed by atoms with van der Waals surface area (Å²) in [6.45, 7) is 0.403. The number of hydrogen-bond donors (Lipinski definition) is 0. The summed E-state index contributed by atoms with van der Waals surface area (Å²) >= 11 is 3.20. The Morgan fingerprint density at radius 1 is 1.33 bits per heavy atom. The normalized spacial score (nSPS) is 11.8. The number of benzene rings is 1. The maximum Gasteiger partial charge on any atom is 0.416 e. The van der Waals surface area contributed by atoms with Crippen LogP contribution in [0.25, 0.3) is 0 Å². The number of methoxy groups -OCH3 is 1. The number of hydrogen-bond acceptors (Lipinski definition) is 1. The van der Waals surface area contributed by atoms with E-state index in [1.54, 1.807) is 0 Å². The van der Waals surface area contributed by atoms with E-state index in [9.17, 15) is 13.2 Å². The average molecular weight is 283 g/mol. The van der Waals surface area contributed by atoms with Gasteiger partial charge in [-0.3, -0.25) is 0 Å². The molecule has 0 aromatic heterocycles. The SMILES string of the molecule is COCCc1cc(C(F)(F)F)ccc1Br. The predicted molar refractivity (Wildman–Crippen MR) is 54.7 cm³/mol. The smallest absolute Gasteiger partial charge is 0.384 e. The molecule has 1 rings (SSSR count). The van der Waals surface area contributed by atoms with Gasteiger partial charge in [-0.25, -0.2) is 0 Å². The fourth-order valence-corrected chi connectivity index (χ4v) is 1.60. The van der Waals surface area contributed by atoms with Gasteiger partial charge in [-0.1, -0.05) is 15.9 Å². The molecule has 1 aromatic rings. The van der Waals surface area contributed by atoms with Crippen LogP contribution in [-0.2, 0) is 17.3 Å². The molecule has 0 atom stereocenters. The van der Waals surface area contributed by atoms with Crippen LogP contribution in [-0.4, -0.2) is 13.7 Å². The van der Waals surface area contributed by atoms with Crippen LogP contribution >= 0.6 is 15.9 Å². The second-order valence-electron chi connectivity index (χ2n) is 3.05. The van der Waals surface area contributed by atoms with Crippen LogP contribution in [0.3, 0.4) is 0 Å². The van der Waals surface area contributed by atoms with E-state index in [0.29, 0.717) is 23.1 Å². The molecular weight excluding hydrogens is 273 g/mol. The first-order chi connectivity index (χ1) is 6.95. The first-order valence-corrected chi connectivity index (χ1v) is 5.09. The quantitative estimate of drug-likeness (QED) is 0.822. The zero-order valence-corrected chi connectivity index (χ0v) is 9.65. The fraction of sp³-hybridized carbons (Fsp3) is 0.400. The van der Waals surface area contributed by atoms with Crippen molar-refractivity contribution in [3.8, 4) is 0 Å². The molecule has 0 saturated heterocycles. The Hall–Kier alpha value is -0.550. The van der Waals surface area contributed by atoms with Gasteiger partial charge in [0.15, 0.2) is 0 Å². The van der Waals surface area contributed by atoms with Gasteiger partial charge in [0, 0.05) is 11.6 Å². The molecule has 1 nitrogen and oxygen atoms in total. The predicted octanol–water partition coefficient (Wildman–Crippen LogP) is 3.66. The van der Waals surface area contributed by atoms with Gasteiger partial charge in [0.1, 0.15) is 0 Å². The molecule has 84 valence electrons. The Balaban J connectivity index is 2.95. The zero-order chi connectivity index (χ0) is 11.5. The third kappa shape index (κ3) is 3.50. The molecule has 15 heavy (non-hydrogen) atoms. The first-order valence-electron chi connectivity index (χ1n) is 4.29. The van der Waals surface area contributed by atoms with Crippen LogP contribution in [0.15, 0.2) is 22.7 Å². The maximum absolute atomic E-state index is 12.4. The summed E-state index contributed by atoms with van der Waals surface area (Å²) in [4.78, 5) is 0. The summed E-state index contributed by atoms with van der Waals surface area (Å²) in [6.07, 6.45) is -3.83. The van der Waals surface area contributed by atoms with Crippen molar-refractivity contribution >= 4 is 15.9 Å². The highest BCUT2D eigenvalue weighted by Gasteiger charge is 2.30. The van der Waals surface area contributed by atoms with Crippen LogP contribution in [0, 0.1) is 0 Å². The molecular formula is C10H10BrF3O. The largest absolute Gasteiger partial charge is 0.416 e. The van der Waals surface area contributed by atoms with Crippen LogP contribution in [0.1, 0.15) is 11.1 Å². The highest BCUT2D eigenvalue weighted by molar-refractivity contribution is 9.10. The molecule has 0 spiro atoms. The minimum atomic E-state index is -4.29. The molecule has 0 saturated carbocycles. The van der Waals surface area contributed by atoms with Crippen molar-refractivity contribution in [1.82, 2.24) is 0 Å². The van der Waals surface area contributed by atoms with E-state index in [1.165, 1.54) is 13.2 Å². The van der Waals surface area contributed by atoms with E-state index in [4.69, 9.17) is 4.74 Å². The van der Waals surface area contributed by atoms with Gasteiger partial charge in [0.25, 0.3) is 0 Å². The Bertz CT molecular complexity index is 336. The van der Waals surface area contributed by atoms with Gasteiger partial charge in [0.2, 0.25) is 0 Å². The maximum atomic E-state index is 12.4. The second-order valence-corrected chi connectivity index (χ2v) is 3.90. The van der Waals surface area contributed by atoms with Crippen molar-refractivity contribution in [2.45, 2.75) is 12.6 Å². The Labute approximate surface area is 94.4 Å². The number of halogens is 4. The van der Waals surface area contributed by atoms with E-state index >= 15 is 0 Å². The second kappa shape index (κ2) is 4.99. The van der Waals surface area contributed by atoms with Gasteiger partial charge in [0.05, 0.1) is 12.2 Å². The van der Waals surface area contributed by atoms with Crippen molar-refractivity contribution in [2.24, 2.45) is 0 Å². The van der Waals surface area contributed by atoms with Gasteiger partial charge < -0.3 is 4.74 Å². The van der Waals surface area contributed by atoms with Crippen molar-refractivity contribution in [1.29, 1.82) is 0 Å². The molecule has 0 unspecified atom stereocenters. The Kier molecular flexibility index (Phi) is 4.16. The summed E-state index contributed by atoms with van der Waals surface area (Å²) in [6, 6.07) is 3.61. The highest BCUT2D eigenvalue weighted by atomic mass is 79.9. The molecule has 0 amide bonds. The van der Waals surface area contributed by atoms with E-state index < -0.39 is 11.7 Å². The molecule has 0 aliphatic rings. The standard InChI is InChI=1S/C10H10BrF3O/c1-15-5-4-7-6-8(10(12,13)14)2-3-9(7)11/h2-3,6H,4-5H2,1H3. The third-order valence-corrected chi connectivity index (χ3v) is 2.72. The third-order valence-electron chi connectivity index (χ3n) is 1.95. The van der Waals surface area contributed by atoms with Gasteiger partial charge in [-0.2, -0.15) is 13.2 Å². The van der Waals surface area contributed by atoms with Crippen LogP contribution < -0.4 is 0 Å². The lowest BCUT2D eigenvalue weighted by Gasteiger charge is -2.10. The minimum absolute atomic E-state index is 0.403.